The Bertz CT molecular complexity index is 123. The lowest BCUT2D eigenvalue weighted by atomic mass is 10.1. The first-order valence-corrected chi connectivity index (χ1v) is 2.71. The Morgan fingerprint density at radius 2 is 1.50 bits per heavy atom. The molecular formula is C8H13. The highest BCUT2D eigenvalue weighted by Crippen LogP contribution is 2.09. The van der Waals surface area contributed by atoms with Crippen molar-refractivity contribution in [1.29, 1.82) is 0 Å². The van der Waals surface area contributed by atoms with E-state index in [1.807, 2.05) is 20.8 Å². The molecule has 45 valence electrons. The lowest BCUT2D eigenvalue weighted by Gasteiger charge is -1.99. The monoisotopic (exact) mass is 109 g/mol. The van der Waals surface area contributed by atoms with Gasteiger partial charge in [0.1, 0.15) is 0 Å². The molecule has 0 aromatic heterocycles. The molecule has 0 nitrogen and oxygen atoms in total. The molecule has 0 saturated carbocycles. The van der Waals surface area contributed by atoms with Gasteiger partial charge in [-0.15, -0.1) is 0 Å². The lowest BCUT2D eigenvalue weighted by Crippen LogP contribution is -1.78. The number of allylic oxidation sites excluding steroid dienone is 3. The second-order valence-electron chi connectivity index (χ2n) is 2.19. The summed E-state index contributed by atoms with van der Waals surface area (Å²) in [6.45, 7) is 13.6. The van der Waals surface area contributed by atoms with Crippen LogP contribution >= 0.6 is 0 Å². The summed E-state index contributed by atoms with van der Waals surface area (Å²) in [5.74, 6) is 0. The zero-order chi connectivity index (χ0) is 6.73. The van der Waals surface area contributed by atoms with Crippen molar-refractivity contribution in [1.82, 2.24) is 0 Å². The summed E-state index contributed by atoms with van der Waals surface area (Å²) < 4.78 is 0. The third-order valence-electron chi connectivity index (χ3n) is 1.28. The van der Waals surface area contributed by atoms with Gasteiger partial charge in [0, 0.05) is 0 Å². The Hall–Kier alpha value is -0.520. The van der Waals surface area contributed by atoms with E-state index in [1.54, 1.807) is 0 Å². The molecule has 0 rings (SSSR count). The van der Waals surface area contributed by atoms with E-state index in [2.05, 4.69) is 13.5 Å². The standard InChI is InChI=1S/C8H13/c1-6(2)8(5)7(3)4/h1,3H2,2,4-5H3/b8-6-. The summed E-state index contributed by atoms with van der Waals surface area (Å²) in [6, 6.07) is 0. The maximum absolute atomic E-state index is 3.78. The van der Waals surface area contributed by atoms with Crippen LogP contribution in [0.15, 0.2) is 23.3 Å². The van der Waals surface area contributed by atoms with Crippen molar-refractivity contribution in [2.45, 2.75) is 20.8 Å². The van der Waals surface area contributed by atoms with Crippen LogP contribution in [0.3, 0.4) is 0 Å². The zero-order valence-electron chi connectivity index (χ0n) is 5.91. The van der Waals surface area contributed by atoms with Crippen LogP contribution in [0.5, 0.6) is 0 Å². The van der Waals surface area contributed by atoms with Gasteiger partial charge in [0.2, 0.25) is 0 Å². The molecule has 0 aliphatic heterocycles. The fourth-order valence-electron chi connectivity index (χ4n) is 0.364. The number of hydrogen-bond acceptors (Lipinski definition) is 0. The minimum Gasteiger partial charge on any atom is -0.0959 e. The third-order valence-corrected chi connectivity index (χ3v) is 1.28. The largest absolute Gasteiger partial charge is 0.0959 e. The maximum Gasteiger partial charge on any atom is -0.0280 e. The Morgan fingerprint density at radius 3 is 1.50 bits per heavy atom. The molecule has 0 heteroatoms. The van der Waals surface area contributed by atoms with E-state index in [0.29, 0.717) is 0 Å². The summed E-state index contributed by atoms with van der Waals surface area (Å²) in [5.41, 5.74) is 3.43. The molecule has 0 unspecified atom stereocenters. The molecule has 0 bridgehead atoms. The fraction of sp³-hybridized carbons (Fsp3) is 0.375. The van der Waals surface area contributed by atoms with Crippen LogP contribution in [0, 0.1) is 6.92 Å². The maximum atomic E-state index is 3.78. The van der Waals surface area contributed by atoms with Gasteiger partial charge in [-0.1, -0.05) is 17.7 Å². The van der Waals surface area contributed by atoms with Crippen molar-refractivity contribution in [2.24, 2.45) is 0 Å². The molecule has 0 aromatic rings. The van der Waals surface area contributed by atoms with Gasteiger partial charge < -0.3 is 0 Å². The van der Waals surface area contributed by atoms with Gasteiger partial charge in [-0.3, -0.25) is 0 Å². The molecule has 0 N–H and O–H groups in total. The Balaban J connectivity index is 4.23. The second kappa shape index (κ2) is 2.71. The molecular weight excluding hydrogens is 96.1 g/mol. The van der Waals surface area contributed by atoms with Crippen LogP contribution in [-0.4, -0.2) is 0 Å². The fourth-order valence-corrected chi connectivity index (χ4v) is 0.364. The molecule has 0 heterocycles. The Kier molecular flexibility index (Phi) is 2.53. The lowest BCUT2D eigenvalue weighted by molar-refractivity contribution is 1.29. The average molecular weight is 109 g/mol. The van der Waals surface area contributed by atoms with Gasteiger partial charge in [0.05, 0.1) is 0 Å². The molecule has 0 saturated heterocycles. The van der Waals surface area contributed by atoms with Gasteiger partial charge >= 0.3 is 0 Å². The second-order valence-corrected chi connectivity index (χ2v) is 2.19. The van der Waals surface area contributed by atoms with Crippen molar-refractivity contribution in [3.05, 3.63) is 30.2 Å². The minimum absolute atomic E-state index is 1.11. The van der Waals surface area contributed by atoms with Crippen molar-refractivity contribution in [3.63, 3.8) is 0 Å². The highest BCUT2D eigenvalue weighted by molar-refractivity contribution is 5.29. The van der Waals surface area contributed by atoms with Crippen LogP contribution < -0.4 is 0 Å². The quantitative estimate of drug-likeness (QED) is 0.454. The molecule has 0 amide bonds. The smallest absolute Gasteiger partial charge is 0.0280 e. The highest BCUT2D eigenvalue weighted by Gasteiger charge is 1.88. The summed E-state index contributed by atoms with van der Waals surface area (Å²) in [7, 11) is 0. The van der Waals surface area contributed by atoms with E-state index < -0.39 is 0 Å². The van der Waals surface area contributed by atoms with Crippen LogP contribution in [0.4, 0.5) is 0 Å². The van der Waals surface area contributed by atoms with E-state index in [0.717, 1.165) is 11.1 Å². The van der Waals surface area contributed by atoms with Crippen molar-refractivity contribution in [3.8, 4) is 0 Å². The van der Waals surface area contributed by atoms with Crippen LogP contribution in [0.25, 0.3) is 0 Å². The van der Waals surface area contributed by atoms with Gasteiger partial charge in [-0.05, 0) is 33.3 Å². The third kappa shape index (κ3) is 1.97. The summed E-state index contributed by atoms with van der Waals surface area (Å²) in [5, 5.41) is 0. The predicted octanol–water partition coefficient (Wildman–Crippen LogP) is 2.73. The van der Waals surface area contributed by atoms with E-state index in [4.69, 9.17) is 0 Å². The Morgan fingerprint density at radius 1 is 1.12 bits per heavy atom. The zero-order valence-corrected chi connectivity index (χ0v) is 5.91. The average Bonchev–Trinajstić information content (AvgIpc) is 1.64. The van der Waals surface area contributed by atoms with Crippen LogP contribution in [0.2, 0.25) is 0 Å². The van der Waals surface area contributed by atoms with Gasteiger partial charge in [-0.2, -0.15) is 0 Å². The van der Waals surface area contributed by atoms with Crippen LogP contribution in [-0.2, 0) is 0 Å². The first-order valence-electron chi connectivity index (χ1n) is 2.71. The molecule has 0 atom stereocenters. The molecule has 8 heavy (non-hydrogen) atoms. The van der Waals surface area contributed by atoms with Gasteiger partial charge in [0.15, 0.2) is 0 Å². The number of hydrogen-bond donors (Lipinski definition) is 0. The molecule has 0 spiro atoms. The number of rotatable bonds is 1. The van der Waals surface area contributed by atoms with Crippen molar-refractivity contribution >= 4 is 0 Å². The summed E-state index contributed by atoms with van der Waals surface area (Å²) in [6.07, 6.45) is 0. The van der Waals surface area contributed by atoms with E-state index in [-0.39, 0.29) is 0 Å². The van der Waals surface area contributed by atoms with E-state index in [1.165, 1.54) is 5.57 Å². The molecule has 0 aliphatic rings. The molecule has 0 fully saturated rings. The van der Waals surface area contributed by atoms with E-state index in [9.17, 15) is 0 Å². The molecule has 0 aromatic carbocycles. The SMILES string of the molecule is [CH2]/C(C)=C(\C)C(=C)C. The minimum atomic E-state index is 1.11. The van der Waals surface area contributed by atoms with Crippen molar-refractivity contribution in [2.75, 3.05) is 0 Å². The molecule has 1 radical (unpaired) electrons. The predicted molar refractivity (Wildman–Crippen MR) is 38.5 cm³/mol. The Labute approximate surface area is 51.9 Å². The van der Waals surface area contributed by atoms with E-state index >= 15 is 0 Å². The highest BCUT2D eigenvalue weighted by atomic mass is 13.9. The summed E-state index contributed by atoms with van der Waals surface area (Å²) >= 11 is 0. The normalized spacial score (nSPS) is 13.0. The van der Waals surface area contributed by atoms with Gasteiger partial charge in [-0.25, -0.2) is 0 Å². The van der Waals surface area contributed by atoms with Crippen molar-refractivity contribution < 1.29 is 0 Å². The topological polar surface area (TPSA) is 0 Å². The first-order chi connectivity index (χ1) is 3.55. The summed E-state index contributed by atoms with van der Waals surface area (Å²) in [4.78, 5) is 0. The van der Waals surface area contributed by atoms with Crippen LogP contribution in [0.1, 0.15) is 20.8 Å². The first kappa shape index (κ1) is 7.48. The molecule has 0 aliphatic carbocycles. The van der Waals surface area contributed by atoms with Gasteiger partial charge in [0.25, 0.3) is 0 Å².